The Morgan fingerprint density at radius 3 is 2.12 bits per heavy atom. The van der Waals surface area contributed by atoms with E-state index in [2.05, 4.69) is 11.9 Å². The molecule has 2 aliphatic rings. The molecule has 1 amide bonds. The average molecular weight is 340 g/mol. The molecule has 2 rings (SSSR count). The molecule has 2 saturated heterocycles. The van der Waals surface area contributed by atoms with Gasteiger partial charge in [-0.1, -0.05) is 0 Å². The van der Waals surface area contributed by atoms with Gasteiger partial charge < -0.3 is 19.3 Å². The minimum atomic E-state index is -0.485. The van der Waals surface area contributed by atoms with Crippen LogP contribution in [0, 0.1) is 11.8 Å². The van der Waals surface area contributed by atoms with Crippen LogP contribution in [0.3, 0.4) is 0 Å². The van der Waals surface area contributed by atoms with E-state index in [0.29, 0.717) is 38.5 Å². The second-order valence-corrected chi connectivity index (χ2v) is 8.12. The molecule has 0 bridgehead atoms. The van der Waals surface area contributed by atoms with Gasteiger partial charge in [-0.2, -0.15) is 0 Å². The normalized spacial score (nSPS) is 21.6. The van der Waals surface area contributed by atoms with Gasteiger partial charge in [0.15, 0.2) is 0 Å². The van der Waals surface area contributed by atoms with Crippen molar-refractivity contribution < 1.29 is 19.1 Å². The summed E-state index contributed by atoms with van der Waals surface area (Å²) in [5, 5.41) is 0. The lowest BCUT2D eigenvalue weighted by Crippen LogP contribution is -2.43. The van der Waals surface area contributed by atoms with Gasteiger partial charge in [0.2, 0.25) is 0 Å². The number of hydrogen-bond donors (Lipinski definition) is 0. The zero-order valence-electron chi connectivity index (χ0n) is 15.5. The van der Waals surface area contributed by atoms with Crippen LogP contribution in [-0.4, -0.2) is 67.3 Å². The number of nitrogens with zero attached hydrogens (tertiary/aromatic N) is 2. The summed E-state index contributed by atoms with van der Waals surface area (Å²) >= 11 is 0. The molecular formula is C18H32N2O4. The molecule has 0 spiro atoms. The topological polar surface area (TPSA) is 59.1 Å². The first-order chi connectivity index (χ1) is 11.2. The fraction of sp³-hybridized carbons (Fsp3) is 0.889. The molecule has 0 aromatic rings. The van der Waals surface area contributed by atoms with E-state index >= 15 is 0 Å². The van der Waals surface area contributed by atoms with E-state index in [1.165, 1.54) is 0 Å². The van der Waals surface area contributed by atoms with Crippen molar-refractivity contribution in [1.29, 1.82) is 0 Å². The van der Waals surface area contributed by atoms with Crippen LogP contribution in [0.15, 0.2) is 0 Å². The number of likely N-dealkylation sites (tertiary alicyclic amines) is 2. The van der Waals surface area contributed by atoms with Gasteiger partial charge in [0, 0.05) is 13.1 Å². The number of hydrogen-bond acceptors (Lipinski definition) is 5. The molecule has 0 aromatic heterocycles. The first-order valence-electron chi connectivity index (χ1n) is 9.07. The molecule has 2 aliphatic heterocycles. The number of piperidine rings is 2. The highest BCUT2D eigenvalue weighted by molar-refractivity contribution is 5.73. The van der Waals surface area contributed by atoms with E-state index in [4.69, 9.17) is 9.47 Å². The Balaban J connectivity index is 1.68. The van der Waals surface area contributed by atoms with Gasteiger partial charge in [0.05, 0.1) is 12.5 Å². The summed E-state index contributed by atoms with van der Waals surface area (Å²) in [5.41, 5.74) is -0.485. The van der Waals surface area contributed by atoms with Crippen LogP contribution in [0.1, 0.15) is 46.5 Å². The van der Waals surface area contributed by atoms with Crippen LogP contribution < -0.4 is 0 Å². The van der Waals surface area contributed by atoms with Crippen LogP contribution in [0.5, 0.6) is 0 Å². The smallest absolute Gasteiger partial charge is 0.410 e. The number of carbonyl (C=O) groups excluding carboxylic acids is 2. The maximum Gasteiger partial charge on any atom is 0.410 e. The number of amides is 1. The van der Waals surface area contributed by atoms with Crippen molar-refractivity contribution >= 4 is 12.1 Å². The van der Waals surface area contributed by atoms with E-state index in [0.717, 1.165) is 25.9 Å². The summed E-state index contributed by atoms with van der Waals surface area (Å²) in [6, 6.07) is 0. The molecule has 0 unspecified atom stereocenters. The van der Waals surface area contributed by atoms with E-state index in [9.17, 15) is 9.59 Å². The number of esters is 1. The van der Waals surface area contributed by atoms with Gasteiger partial charge in [-0.05, 0) is 72.5 Å². The highest BCUT2D eigenvalue weighted by Crippen LogP contribution is 2.22. The summed E-state index contributed by atoms with van der Waals surface area (Å²) in [6.07, 6.45) is 3.22. The summed E-state index contributed by atoms with van der Waals surface area (Å²) in [4.78, 5) is 28.3. The molecule has 6 heteroatoms. The third kappa shape index (κ3) is 5.96. The molecule has 0 aliphatic carbocycles. The molecule has 0 atom stereocenters. The SMILES string of the molecule is CN1CCC(COC(=O)C2CCN(C(=O)OC(C)(C)C)CC2)CC1. The zero-order chi connectivity index (χ0) is 17.7. The van der Waals surface area contributed by atoms with E-state index in [1.807, 2.05) is 20.8 Å². The zero-order valence-corrected chi connectivity index (χ0v) is 15.5. The average Bonchev–Trinajstić information content (AvgIpc) is 2.52. The number of rotatable bonds is 3. The number of carbonyl (C=O) groups is 2. The minimum Gasteiger partial charge on any atom is -0.465 e. The van der Waals surface area contributed by atoms with Crippen molar-refractivity contribution in [3.05, 3.63) is 0 Å². The van der Waals surface area contributed by atoms with Crippen LogP contribution >= 0.6 is 0 Å². The van der Waals surface area contributed by atoms with Crippen molar-refractivity contribution in [2.75, 3.05) is 39.8 Å². The Labute approximate surface area is 145 Å². The summed E-state index contributed by atoms with van der Waals surface area (Å²) < 4.78 is 10.9. The van der Waals surface area contributed by atoms with Gasteiger partial charge in [-0.3, -0.25) is 4.79 Å². The van der Waals surface area contributed by atoms with Crippen molar-refractivity contribution in [3.63, 3.8) is 0 Å². The van der Waals surface area contributed by atoms with Gasteiger partial charge in [0.1, 0.15) is 5.60 Å². The van der Waals surface area contributed by atoms with Crippen molar-refractivity contribution in [2.24, 2.45) is 11.8 Å². The second-order valence-electron chi connectivity index (χ2n) is 8.12. The molecule has 0 N–H and O–H groups in total. The monoisotopic (exact) mass is 340 g/mol. The molecule has 0 radical (unpaired) electrons. The molecular weight excluding hydrogens is 308 g/mol. The van der Waals surface area contributed by atoms with Gasteiger partial charge in [0.25, 0.3) is 0 Å². The Morgan fingerprint density at radius 2 is 1.58 bits per heavy atom. The molecule has 6 nitrogen and oxygen atoms in total. The third-order valence-electron chi connectivity index (χ3n) is 4.78. The highest BCUT2D eigenvalue weighted by atomic mass is 16.6. The fourth-order valence-corrected chi connectivity index (χ4v) is 3.17. The fourth-order valence-electron chi connectivity index (χ4n) is 3.17. The van der Waals surface area contributed by atoms with E-state index in [-0.39, 0.29) is 18.0 Å². The maximum atomic E-state index is 12.2. The molecule has 2 heterocycles. The molecule has 0 saturated carbocycles. The molecule has 138 valence electrons. The largest absolute Gasteiger partial charge is 0.465 e. The quantitative estimate of drug-likeness (QED) is 0.739. The Morgan fingerprint density at radius 1 is 1.00 bits per heavy atom. The predicted octanol–water partition coefficient (Wildman–Crippen LogP) is 2.52. The Bertz CT molecular complexity index is 431. The summed E-state index contributed by atoms with van der Waals surface area (Å²) in [6.45, 7) is 9.39. The van der Waals surface area contributed by atoms with Gasteiger partial charge in [-0.15, -0.1) is 0 Å². The van der Waals surface area contributed by atoms with E-state index < -0.39 is 5.60 Å². The lowest BCUT2D eigenvalue weighted by atomic mass is 9.96. The standard InChI is InChI=1S/C18H32N2O4/c1-18(2,3)24-17(22)20-11-7-15(8-12-20)16(21)23-13-14-5-9-19(4)10-6-14/h14-15H,5-13H2,1-4H3. The van der Waals surface area contributed by atoms with Crippen molar-refractivity contribution in [2.45, 2.75) is 52.1 Å². The molecule has 2 fully saturated rings. The lowest BCUT2D eigenvalue weighted by Gasteiger charge is -2.33. The predicted molar refractivity (Wildman–Crippen MR) is 91.7 cm³/mol. The highest BCUT2D eigenvalue weighted by Gasteiger charge is 2.31. The first kappa shape index (κ1) is 19.0. The van der Waals surface area contributed by atoms with Crippen molar-refractivity contribution in [1.82, 2.24) is 9.80 Å². The number of ether oxygens (including phenoxy) is 2. The van der Waals surface area contributed by atoms with Crippen molar-refractivity contribution in [3.8, 4) is 0 Å². The van der Waals surface area contributed by atoms with Gasteiger partial charge in [-0.25, -0.2) is 4.79 Å². The second kappa shape index (κ2) is 8.19. The Kier molecular flexibility index (Phi) is 6.49. The lowest BCUT2D eigenvalue weighted by molar-refractivity contribution is -0.152. The minimum absolute atomic E-state index is 0.0880. The summed E-state index contributed by atoms with van der Waals surface area (Å²) in [5.74, 6) is 0.305. The first-order valence-corrected chi connectivity index (χ1v) is 9.07. The van der Waals surface area contributed by atoms with Gasteiger partial charge >= 0.3 is 12.1 Å². The Hall–Kier alpha value is -1.30. The molecule has 24 heavy (non-hydrogen) atoms. The maximum absolute atomic E-state index is 12.2. The van der Waals surface area contributed by atoms with E-state index in [1.54, 1.807) is 4.90 Å². The van der Waals surface area contributed by atoms with Crippen LogP contribution in [0.4, 0.5) is 4.79 Å². The van der Waals surface area contributed by atoms with Crippen LogP contribution in [-0.2, 0) is 14.3 Å². The molecule has 0 aromatic carbocycles. The third-order valence-corrected chi connectivity index (χ3v) is 4.78. The van der Waals surface area contributed by atoms with Crippen LogP contribution in [0.25, 0.3) is 0 Å². The summed E-state index contributed by atoms with van der Waals surface area (Å²) in [7, 11) is 2.13. The van der Waals surface area contributed by atoms with Crippen LogP contribution in [0.2, 0.25) is 0 Å².